The van der Waals surface area contributed by atoms with E-state index in [9.17, 15) is 8.78 Å². The quantitative estimate of drug-likeness (QED) is 0.672. The summed E-state index contributed by atoms with van der Waals surface area (Å²) in [7, 11) is 0. The van der Waals surface area contributed by atoms with E-state index in [0.717, 1.165) is 6.20 Å². The summed E-state index contributed by atoms with van der Waals surface area (Å²) in [4.78, 5) is 3.58. The Morgan fingerprint density at radius 2 is 2.23 bits per heavy atom. The second-order valence-corrected chi connectivity index (χ2v) is 3.69. The first-order chi connectivity index (χ1) is 6.07. The van der Waals surface area contributed by atoms with E-state index in [1.807, 2.05) is 0 Å². The second kappa shape index (κ2) is 4.47. The number of rotatable bonds is 2. The number of aliphatic hydroxyl groups is 1. The molecule has 0 radical (unpaired) electrons. The third kappa shape index (κ3) is 2.26. The average molecular weight is 319 g/mol. The second-order valence-electron chi connectivity index (χ2n) is 2.26. The molecule has 0 atom stereocenters. The van der Waals surface area contributed by atoms with Gasteiger partial charge in [-0.2, -0.15) is 0 Å². The van der Waals surface area contributed by atoms with Crippen LogP contribution in [-0.4, -0.2) is 10.1 Å². The van der Waals surface area contributed by atoms with Gasteiger partial charge < -0.3 is 5.11 Å². The summed E-state index contributed by atoms with van der Waals surface area (Å²) in [5, 5.41) is 8.98. The lowest BCUT2D eigenvalue weighted by Crippen LogP contribution is -2.00. The van der Waals surface area contributed by atoms with Gasteiger partial charge in [-0.25, -0.2) is 13.8 Å². The highest BCUT2D eigenvalue weighted by molar-refractivity contribution is 14.1. The minimum Gasteiger partial charge on any atom is -0.392 e. The van der Waals surface area contributed by atoms with Crippen molar-refractivity contribution in [2.45, 2.75) is 13.0 Å². The third-order valence-electron chi connectivity index (χ3n) is 1.50. The molecule has 2 nitrogen and oxygen atoms in total. The van der Waals surface area contributed by atoms with Gasteiger partial charge in [-0.3, -0.25) is 0 Å². The Morgan fingerprint density at radius 3 is 2.69 bits per heavy atom. The lowest BCUT2D eigenvalue weighted by molar-refractivity contribution is 0.146. The maximum absolute atomic E-state index is 12.3. The van der Waals surface area contributed by atoms with Gasteiger partial charge in [0.25, 0.3) is 6.43 Å². The highest BCUT2D eigenvalue weighted by Crippen LogP contribution is 2.29. The molecule has 1 aromatic heterocycles. The molecule has 0 saturated heterocycles. The Kier molecular flexibility index (Phi) is 3.81. The van der Waals surface area contributed by atoms with Crippen molar-refractivity contribution in [1.82, 2.24) is 4.98 Å². The lowest BCUT2D eigenvalue weighted by Gasteiger charge is -2.08. The topological polar surface area (TPSA) is 33.1 Å². The van der Waals surface area contributed by atoms with Crippen molar-refractivity contribution in [1.29, 1.82) is 0 Å². The summed E-state index contributed by atoms with van der Waals surface area (Å²) in [5.41, 5.74) is -0.119. The van der Waals surface area contributed by atoms with Crippen LogP contribution in [0.5, 0.6) is 0 Å². The van der Waals surface area contributed by atoms with Crippen LogP contribution in [0.1, 0.15) is 17.6 Å². The molecule has 13 heavy (non-hydrogen) atoms. The van der Waals surface area contributed by atoms with Crippen molar-refractivity contribution in [3.05, 3.63) is 26.0 Å². The molecule has 6 heteroatoms. The molecule has 1 aromatic rings. The Morgan fingerprint density at radius 1 is 1.62 bits per heavy atom. The number of hydrogen-bond acceptors (Lipinski definition) is 2. The van der Waals surface area contributed by atoms with Crippen molar-refractivity contribution in [3.63, 3.8) is 0 Å². The van der Waals surface area contributed by atoms with E-state index in [-0.39, 0.29) is 16.3 Å². The fraction of sp³-hybridized carbons (Fsp3) is 0.286. The fourth-order valence-corrected chi connectivity index (χ4v) is 1.64. The van der Waals surface area contributed by atoms with Gasteiger partial charge in [0.05, 0.1) is 10.2 Å². The molecule has 0 unspecified atom stereocenters. The van der Waals surface area contributed by atoms with E-state index >= 15 is 0 Å². The van der Waals surface area contributed by atoms with E-state index in [4.69, 9.17) is 16.7 Å². The monoisotopic (exact) mass is 319 g/mol. The molecule has 0 saturated carbocycles. The molecular weight excluding hydrogens is 314 g/mol. The Bertz CT molecular complexity index is 322. The maximum atomic E-state index is 12.3. The van der Waals surface area contributed by atoms with Gasteiger partial charge in [0.15, 0.2) is 0 Å². The van der Waals surface area contributed by atoms with E-state index < -0.39 is 13.0 Å². The Balaban J connectivity index is 3.30. The zero-order chi connectivity index (χ0) is 10.0. The summed E-state index contributed by atoms with van der Waals surface area (Å²) in [6, 6.07) is 0. The summed E-state index contributed by atoms with van der Waals surface area (Å²) in [6.45, 7) is -0.458. The van der Waals surface area contributed by atoms with Gasteiger partial charge in [-0.1, -0.05) is 11.6 Å². The molecule has 0 aliphatic carbocycles. The highest BCUT2D eigenvalue weighted by Gasteiger charge is 2.17. The minimum absolute atomic E-state index is 0.133. The molecule has 0 bridgehead atoms. The summed E-state index contributed by atoms with van der Waals surface area (Å²) in [6.07, 6.45) is -1.65. The van der Waals surface area contributed by atoms with Crippen molar-refractivity contribution in [3.8, 4) is 0 Å². The molecule has 1 rings (SSSR count). The number of halogens is 4. The predicted molar refractivity (Wildman–Crippen MR) is 52.8 cm³/mol. The molecule has 0 aliphatic heterocycles. The first kappa shape index (κ1) is 11.1. The largest absolute Gasteiger partial charge is 0.392 e. The maximum Gasteiger partial charge on any atom is 0.265 e. The van der Waals surface area contributed by atoms with Crippen LogP contribution in [0.2, 0.25) is 5.15 Å². The highest BCUT2D eigenvalue weighted by atomic mass is 127. The van der Waals surface area contributed by atoms with E-state index in [1.165, 1.54) is 0 Å². The molecule has 0 amide bonds. The average Bonchev–Trinajstić information content (AvgIpc) is 2.09. The molecule has 0 fully saturated rings. The molecule has 1 N–H and O–H groups in total. The molecular formula is C7H5ClF2INO. The summed E-state index contributed by atoms with van der Waals surface area (Å²) >= 11 is 7.37. The van der Waals surface area contributed by atoms with Crippen molar-refractivity contribution < 1.29 is 13.9 Å². The predicted octanol–water partition coefficient (Wildman–Crippen LogP) is 2.77. The van der Waals surface area contributed by atoms with Crippen molar-refractivity contribution in [2.75, 3.05) is 0 Å². The normalized spacial score (nSPS) is 10.9. The van der Waals surface area contributed by atoms with Crippen LogP contribution in [0.4, 0.5) is 8.78 Å². The van der Waals surface area contributed by atoms with Crippen LogP contribution in [0, 0.1) is 3.57 Å². The first-order valence-corrected chi connectivity index (χ1v) is 4.75. The third-order valence-corrected chi connectivity index (χ3v) is 3.27. The molecule has 72 valence electrons. The summed E-state index contributed by atoms with van der Waals surface area (Å²) < 4.78 is 25.0. The van der Waals surface area contributed by atoms with Gasteiger partial charge in [0.2, 0.25) is 0 Å². The molecule has 0 aromatic carbocycles. The van der Waals surface area contributed by atoms with Crippen LogP contribution in [-0.2, 0) is 6.61 Å². The Labute approximate surface area is 92.1 Å². The van der Waals surface area contributed by atoms with Crippen LogP contribution >= 0.6 is 34.2 Å². The van der Waals surface area contributed by atoms with Crippen LogP contribution in [0.3, 0.4) is 0 Å². The first-order valence-electron chi connectivity index (χ1n) is 3.29. The minimum atomic E-state index is -2.64. The smallest absolute Gasteiger partial charge is 0.265 e. The number of nitrogens with zero attached hydrogens (tertiary/aromatic N) is 1. The summed E-state index contributed by atoms with van der Waals surface area (Å²) in [5.74, 6) is 0. The van der Waals surface area contributed by atoms with Gasteiger partial charge in [0.1, 0.15) is 5.15 Å². The van der Waals surface area contributed by atoms with E-state index in [0.29, 0.717) is 3.57 Å². The number of alkyl halides is 2. The van der Waals surface area contributed by atoms with Gasteiger partial charge in [-0.05, 0) is 22.6 Å². The number of hydrogen-bond donors (Lipinski definition) is 1. The van der Waals surface area contributed by atoms with Crippen molar-refractivity contribution >= 4 is 34.2 Å². The van der Waals surface area contributed by atoms with Crippen molar-refractivity contribution in [2.24, 2.45) is 0 Å². The molecule has 1 heterocycles. The zero-order valence-electron chi connectivity index (χ0n) is 6.27. The standard InChI is InChI=1S/C7H5ClF2INO/c8-6-5(11)4(2-13)3(1-12-6)7(9)10/h1,7,13H,2H2. The number of aliphatic hydroxyl groups excluding tert-OH is 1. The molecule has 0 spiro atoms. The van der Waals surface area contributed by atoms with E-state index in [1.54, 1.807) is 22.6 Å². The van der Waals surface area contributed by atoms with Crippen LogP contribution in [0.25, 0.3) is 0 Å². The SMILES string of the molecule is OCc1c(C(F)F)cnc(Cl)c1I. The number of pyridine rings is 1. The lowest BCUT2D eigenvalue weighted by atomic mass is 10.1. The van der Waals surface area contributed by atoms with Gasteiger partial charge in [-0.15, -0.1) is 0 Å². The molecule has 0 aliphatic rings. The fourth-order valence-electron chi connectivity index (χ4n) is 0.861. The zero-order valence-corrected chi connectivity index (χ0v) is 9.18. The van der Waals surface area contributed by atoms with Gasteiger partial charge >= 0.3 is 0 Å². The number of aromatic nitrogens is 1. The Hall–Kier alpha value is -0.0100. The van der Waals surface area contributed by atoms with Crippen LogP contribution < -0.4 is 0 Å². The van der Waals surface area contributed by atoms with Crippen LogP contribution in [0.15, 0.2) is 6.20 Å². The van der Waals surface area contributed by atoms with Gasteiger partial charge in [0, 0.05) is 17.3 Å². The van der Waals surface area contributed by atoms with E-state index in [2.05, 4.69) is 4.98 Å².